The van der Waals surface area contributed by atoms with Crippen LogP contribution < -0.4 is 11.1 Å². The Bertz CT molecular complexity index is 434. The van der Waals surface area contributed by atoms with Crippen LogP contribution in [0.1, 0.15) is 38.5 Å². The van der Waals surface area contributed by atoms with Crippen molar-refractivity contribution >= 4 is 28.3 Å². The van der Waals surface area contributed by atoms with E-state index in [-0.39, 0.29) is 36.5 Å². The summed E-state index contributed by atoms with van der Waals surface area (Å²) in [6.07, 6.45) is 4.79. The second kappa shape index (κ2) is 8.31. The van der Waals surface area contributed by atoms with Gasteiger partial charge in [-0.2, -0.15) is 0 Å². The molecule has 0 bridgehead atoms. The fraction of sp³-hybridized carbons (Fsp3) is 0.923. The molecular formula is C13H26ClN3O3S. The highest BCUT2D eigenvalue weighted by molar-refractivity contribution is 7.89. The maximum Gasteiger partial charge on any atom is 0.220 e. The lowest BCUT2D eigenvalue weighted by Crippen LogP contribution is -2.41. The monoisotopic (exact) mass is 339 g/mol. The second-order valence-corrected chi connectivity index (χ2v) is 7.86. The lowest BCUT2D eigenvalue weighted by Gasteiger charge is -2.17. The summed E-state index contributed by atoms with van der Waals surface area (Å²) in [6, 6.07) is 0.0673. The van der Waals surface area contributed by atoms with Crippen LogP contribution in [-0.4, -0.2) is 50.1 Å². The van der Waals surface area contributed by atoms with E-state index in [4.69, 9.17) is 5.73 Å². The van der Waals surface area contributed by atoms with Gasteiger partial charge in [-0.05, 0) is 38.0 Å². The van der Waals surface area contributed by atoms with Crippen molar-refractivity contribution in [3.63, 3.8) is 0 Å². The molecule has 0 radical (unpaired) electrons. The molecule has 8 heteroatoms. The van der Waals surface area contributed by atoms with Crippen molar-refractivity contribution in [2.45, 2.75) is 44.6 Å². The van der Waals surface area contributed by atoms with Gasteiger partial charge in [0.25, 0.3) is 0 Å². The van der Waals surface area contributed by atoms with E-state index < -0.39 is 10.0 Å². The van der Waals surface area contributed by atoms with Crippen LogP contribution in [0, 0.1) is 5.92 Å². The van der Waals surface area contributed by atoms with Crippen molar-refractivity contribution in [2.75, 3.05) is 25.4 Å². The number of sulfonamides is 1. The maximum absolute atomic E-state index is 12.0. The van der Waals surface area contributed by atoms with Crippen LogP contribution in [0.25, 0.3) is 0 Å². The Morgan fingerprint density at radius 2 is 1.90 bits per heavy atom. The van der Waals surface area contributed by atoms with Crippen LogP contribution in [-0.2, 0) is 14.8 Å². The van der Waals surface area contributed by atoms with Gasteiger partial charge in [0.1, 0.15) is 0 Å². The highest BCUT2D eigenvalue weighted by Crippen LogP contribution is 2.32. The van der Waals surface area contributed by atoms with Gasteiger partial charge in [-0.15, -0.1) is 12.4 Å². The average Bonchev–Trinajstić information content (AvgIpc) is 3.08. The molecule has 1 atom stereocenters. The van der Waals surface area contributed by atoms with Crippen molar-refractivity contribution in [3.8, 4) is 0 Å². The third-order valence-corrected chi connectivity index (χ3v) is 6.01. The molecule has 2 rings (SSSR count). The topological polar surface area (TPSA) is 92.5 Å². The largest absolute Gasteiger partial charge is 0.352 e. The molecule has 1 aliphatic carbocycles. The summed E-state index contributed by atoms with van der Waals surface area (Å²) in [4.78, 5) is 11.8. The highest BCUT2D eigenvalue weighted by atomic mass is 35.5. The highest BCUT2D eigenvalue weighted by Gasteiger charge is 2.31. The first-order chi connectivity index (χ1) is 9.53. The van der Waals surface area contributed by atoms with Gasteiger partial charge in [-0.25, -0.2) is 12.7 Å². The number of hydrogen-bond acceptors (Lipinski definition) is 4. The zero-order chi connectivity index (χ0) is 14.6. The standard InChI is InChI=1S/C13H25N3O3S.ClH/c14-10-12(11-5-6-11)15-13(17)4-3-9-20(18,19)16-7-1-2-8-16;/h11-12H,1-10,14H2,(H,15,17);1H. The molecule has 1 heterocycles. The Kier molecular flexibility index (Phi) is 7.39. The predicted octanol–water partition coefficient (Wildman–Crippen LogP) is 0.467. The smallest absolute Gasteiger partial charge is 0.220 e. The lowest BCUT2D eigenvalue weighted by atomic mass is 10.2. The molecule has 21 heavy (non-hydrogen) atoms. The molecule has 0 aromatic heterocycles. The molecule has 1 unspecified atom stereocenters. The minimum atomic E-state index is -3.17. The molecule has 0 aromatic carbocycles. The van der Waals surface area contributed by atoms with E-state index in [1.54, 1.807) is 0 Å². The summed E-state index contributed by atoms with van der Waals surface area (Å²) in [5.41, 5.74) is 5.63. The Hall–Kier alpha value is -0.370. The number of nitrogens with zero attached hydrogens (tertiary/aromatic N) is 1. The maximum atomic E-state index is 12.0. The first kappa shape index (κ1) is 18.7. The SMILES string of the molecule is Cl.NCC(NC(=O)CCCS(=O)(=O)N1CCCC1)C1CC1. The quantitative estimate of drug-likeness (QED) is 0.672. The number of carbonyl (C=O) groups excluding carboxylic acids is 1. The summed E-state index contributed by atoms with van der Waals surface area (Å²) < 4.78 is 25.5. The van der Waals surface area contributed by atoms with E-state index in [1.807, 2.05) is 0 Å². The van der Waals surface area contributed by atoms with Crippen LogP contribution in [0.5, 0.6) is 0 Å². The average molecular weight is 340 g/mol. The van der Waals surface area contributed by atoms with Crippen LogP contribution in [0.3, 0.4) is 0 Å². The van der Waals surface area contributed by atoms with Gasteiger partial charge in [0.2, 0.25) is 15.9 Å². The lowest BCUT2D eigenvalue weighted by molar-refractivity contribution is -0.121. The van der Waals surface area contributed by atoms with Crippen molar-refractivity contribution in [2.24, 2.45) is 11.7 Å². The normalized spacial score (nSPS) is 20.8. The first-order valence-corrected chi connectivity index (χ1v) is 9.11. The molecule has 0 aromatic rings. The number of nitrogens with two attached hydrogens (primary N) is 1. The van der Waals surface area contributed by atoms with Crippen molar-refractivity contribution in [1.29, 1.82) is 0 Å². The van der Waals surface area contributed by atoms with E-state index in [9.17, 15) is 13.2 Å². The zero-order valence-electron chi connectivity index (χ0n) is 12.3. The van der Waals surface area contributed by atoms with Gasteiger partial charge in [0, 0.05) is 32.1 Å². The molecular weight excluding hydrogens is 314 g/mol. The molecule has 1 aliphatic heterocycles. The third-order valence-electron chi connectivity index (χ3n) is 4.06. The summed E-state index contributed by atoms with van der Waals surface area (Å²) in [6.45, 7) is 1.72. The van der Waals surface area contributed by atoms with E-state index >= 15 is 0 Å². The first-order valence-electron chi connectivity index (χ1n) is 7.50. The molecule has 2 aliphatic rings. The van der Waals surface area contributed by atoms with E-state index in [2.05, 4.69) is 5.32 Å². The summed E-state index contributed by atoms with van der Waals surface area (Å²) in [5.74, 6) is 0.512. The summed E-state index contributed by atoms with van der Waals surface area (Å²) in [7, 11) is -3.17. The summed E-state index contributed by atoms with van der Waals surface area (Å²) in [5, 5.41) is 2.91. The van der Waals surface area contributed by atoms with E-state index in [0.717, 1.165) is 25.7 Å². The molecule has 124 valence electrons. The van der Waals surface area contributed by atoms with E-state index in [1.165, 1.54) is 4.31 Å². The number of carbonyl (C=O) groups is 1. The fourth-order valence-corrected chi connectivity index (χ4v) is 4.24. The Morgan fingerprint density at radius 3 is 2.43 bits per heavy atom. The fourth-order valence-electron chi connectivity index (χ4n) is 2.66. The number of hydrogen-bond donors (Lipinski definition) is 2. The van der Waals surface area contributed by atoms with Crippen molar-refractivity contribution < 1.29 is 13.2 Å². The molecule has 1 saturated heterocycles. The minimum Gasteiger partial charge on any atom is -0.352 e. The molecule has 1 saturated carbocycles. The van der Waals surface area contributed by atoms with Gasteiger partial charge < -0.3 is 11.1 Å². The van der Waals surface area contributed by atoms with Gasteiger partial charge in [0.15, 0.2) is 0 Å². The molecule has 0 spiro atoms. The zero-order valence-corrected chi connectivity index (χ0v) is 13.9. The van der Waals surface area contributed by atoms with Gasteiger partial charge in [-0.3, -0.25) is 4.79 Å². The molecule has 6 nitrogen and oxygen atoms in total. The molecule has 2 fully saturated rings. The Balaban J connectivity index is 0.00000220. The summed E-state index contributed by atoms with van der Waals surface area (Å²) >= 11 is 0. The van der Waals surface area contributed by atoms with E-state index in [0.29, 0.717) is 32.0 Å². The Labute approximate surface area is 133 Å². The molecule has 1 amide bonds. The number of halogens is 1. The second-order valence-electron chi connectivity index (χ2n) is 5.77. The Morgan fingerprint density at radius 1 is 1.29 bits per heavy atom. The molecule has 3 N–H and O–H groups in total. The third kappa shape index (κ3) is 5.73. The minimum absolute atomic E-state index is 0. The van der Waals surface area contributed by atoms with Gasteiger partial charge in [-0.1, -0.05) is 0 Å². The van der Waals surface area contributed by atoms with Gasteiger partial charge >= 0.3 is 0 Å². The predicted molar refractivity (Wildman–Crippen MR) is 84.8 cm³/mol. The van der Waals surface area contributed by atoms with Gasteiger partial charge in [0.05, 0.1) is 5.75 Å². The van der Waals surface area contributed by atoms with Crippen LogP contribution in [0.15, 0.2) is 0 Å². The van der Waals surface area contributed by atoms with Crippen LogP contribution in [0.2, 0.25) is 0 Å². The van der Waals surface area contributed by atoms with Crippen molar-refractivity contribution in [1.82, 2.24) is 9.62 Å². The van der Waals surface area contributed by atoms with Crippen LogP contribution in [0.4, 0.5) is 0 Å². The number of nitrogens with one attached hydrogen (secondary N) is 1. The van der Waals surface area contributed by atoms with Crippen molar-refractivity contribution in [3.05, 3.63) is 0 Å². The van der Waals surface area contributed by atoms with Crippen LogP contribution >= 0.6 is 12.4 Å². The number of amides is 1. The number of rotatable bonds is 8.